The Morgan fingerprint density at radius 2 is 1.28 bits per heavy atom. The summed E-state index contributed by atoms with van der Waals surface area (Å²) in [5.74, 6) is 1.75. The second-order valence-electron chi connectivity index (χ2n) is 11.5. The van der Waals surface area contributed by atoms with E-state index in [0.29, 0.717) is 17.8 Å². The van der Waals surface area contributed by atoms with Gasteiger partial charge in [0.15, 0.2) is 0 Å². The average molecular weight is 467 g/mol. The van der Waals surface area contributed by atoms with Crippen molar-refractivity contribution in [3.05, 3.63) is 100 Å². The van der Waals surface area contributed by atoms with Crippen molar-refractivity contribution in [2.24, 2.45) is 11.8 Å². The van der Waals surface area contributed by atoms with Gasteiger partial charge in [-0.1, -0.05) is 0 Å². The average Bonchev–Trinajstić information content (AvgIpc) is 2.91. The van der Waals surface area contributed by atoms with Crippen LogP contribution in [0, 0.1) is 11.8 Å². The van der Waals surface area contributed by atoms with Crippen LogP contribution in [0.4, 0.5) is 0 Å². The molecule has 4 atom stereocenters. The maximum absolute atomic E-state index is 2.52. The predicted octanol–water partition coefficient (Wildman–Crippen LogP) is 8.02. The number of aryl methyl sites for hydroxylation is 2. The fourth-order valence-electron chi connectivity index (χ4n) is 6.05. The molecule has 0 heterocycles. The Morgan fingerprint density at radius 3 is 1.81 bits per heavy atom. The van der Waals surface area contributed by atoms with E-state index in [1.807, 2.05) is 0 Å². The van der Waals surface area contributed by atoms with Crippen molar-refractivity contribution < 1.29 is 0 Å². The van der Waals surface area contributed by atoms with E-state index in [0.717, 1.165) is 19.3 Å². The standard InChI is InChI=1S/C34H44.2Li/c1-7-25(5)23-33(29-19-15-27(9-3)16-20-29)31-13-11-12-14-32(31)34(24-26(6)8-2)30-21-17-28(10-4)18-22-30;;/h11-13,15-22,25-26,33H,7-10,23-24H2,1-6H3;;. The van der Waals surface area contributed by atoms with E-state index < -0.39 is 0 Å². The first-order valence-corrected chi connectivity index (χ1v) is 14.5. The number of hydrogen-bond acceptors (Lipinski definition) is 0. The normalized spacial score (nSPS) is 15.8. The Kier molecular flexibility index (Phi) is 11.1. The van der Waals surface area contributed by atoms with Gasteiger partial charge in [0.25, 0.3) is 0 Å². The fourth-order valence-corrected chi connectivity index (χ4v) is 6.05. The first kappa shape index (κ1) is 29.4. The summed E-state index contributed by atoms with van der Waals surface area (Å²) in [6.07, 6.45) is 6.95. The molecule has 0 radical (unpaired) electrons. The van der Waals surface area contributed by atoms with Gasteiger partial charge in [-0.2, -0.15) is 0 Å². The first-order chi connectivity index (χ1) is 17.3. The minimum absolute atomic E-state index is 0.0283. The molecule has 182 valence electrons. The Labute approximate surface area is 240 Å². The molecule has 0 aromatic heterocycles. The molecule has 0 saturated heterocycles. The molecule has 4 unspecified atom stereocenters. The maximum atomic E-state index is 2.52. The molecule has 2 heteroatoms. The van der Waals surface area contributed by atoms with E-state index in [2.05, 4.69) is 144 Å². The summed E-state index contributed by atoms with van der Waals surface area (Å²) in [6.45, 7) is 14.0. The molecule has 0 fully saturated rings. The molecule has 0 spiro atoms. The molecule has 0 aliphatic carbocycles. The summed E-state index contributed by atoms with van der Waals surface area (Å²) in [6, 6.07) is 26.1. The van der Waals surface area contributed by atoms with E-state index in [4.69, 9.17) is 0 Å². The van der Waals surface area contributed by atoms with E-state index in [-0.39, 0.29) is 4.09 Å². The van der Waals surface area contributed by atoms with E-state index >= 15 is 0 Å². The molecule has 0 bridgehead atoms. The predicted molar refractivity (Wildman–Crippen MR) is 160 cm³/mol. The van der Waals surface area contributed by atoms with Gasteiger partial charge in [0.05, 0.1) is 0 Å². The Hall–Kier alpha value is -1.15. The molecule has 36 heavy (non-hydrogen) atoms. The van der Waals surface area contributed by atoms with Gasteiger partial charge in [0, 0.05) is 0 Å². The molecule has 0 N–H and O–H groups in total. The monoisotopic (exact) mass is 466 g/mol. The van der Waals surface area contributed by atoms with Gasteiger partial charge < -0.3 is 0 Å². The number of hydrogen-bond donors (Lipinski definition) is 0. The minimum atomic E-state index is -0.0283. The van der Waals surface area contributed by atoms with Gasteiger partial charge in [-0.05, 0) is 0 Å². The van der Waals surface area contributed by atoms with Crippen LogP contribution in [0.1, 0.15) is 107 Å². The van der Waals surface area contributed by atoms with Gasteiger partial charge in [0.1, 0.15) is 0 Å². The first-order valence-electron chi connectivity index (χ1n) is 14.5. The quantitative estimate of drug-likeness (QED) is 0.237. The van der Waals surface area contributed by atoms with Crippen molar-refractivity contribution in [1.82, 2.24) is 0 Å². The van der Waals surface area contributed by atoms with Crippen LogP contribution < -0.4 is 4.24 Å². The van der Waals surface area contributed by atoms with Crippen LogP contribution in [-0.2, 0) is 16.9 Å². The van der Waals surface area contributed by atoms with Crippen molar-refractivity contribution in [2.75, 3.05) is 0 Å². The van der Waals surface area contributed by atoms with Crippen LogP contribution in [-0.4, -0.2) is 35.4 Å². The number of rotatable bonds is 12. The summed E-state index contributed by atoms with van der Waals surface area (Å²) >= 11 is 4.86. The second-order valence-corrected chi connectivity index (χ2v) is 11.5. The third-order valence-corrected chi connectivity index (χ3v) is 8.81. The van der Waals surface area contributed by atoms with Crippen molar-refractivity contribution >= 4 is 39.7 Å². The van der Waals surface area contributed by atoms with E-state index in [9.17, 15) is 0 Å². The van der Waals surface area contributed by atoms with Crippen LogP contribution >= 0.6 is 0 Å². The zero-order valence-corrected chi connectivity index (χ0v) is 24.3. The van der Waals surface area contributed by atoms with Crippen molar-refractivity contribution in [3.8, 4) is 0 Å². The van der Waals surface area contributed by atoms with E-state index in [1.165, 1.54) is 51.3 Å². The molecule has 3 aromatic carbocycles. The fraction of sp³-hybridized carbons (Fsp3) is 0.471. The third kappa shape index (κ3) is 6.83. The van der Waals surface area contributed by atoms with Crippen molar-refractivity contribution in [2.45, 2.75) is 90.1 Å². The van der Waals surface area contributed by atoms with Gasteiger partial charge in [-0.15, -0.1) is 0 Å². The van der Waals surface area contributed by atoms with Crippen LogP contribution in [0.25, 0.3) is 0 Å². The molecule has 0 saturated carbocycles. The SMILES string of the molecule is [Li][c]1cccc(C(CC(C)CC)c2ccc(CC)cc2)c1[C]([Li])(CC(C)CC)c1ccc(CC)cc1. The summed E-state index contributed by atoms with van der Waals surface area (Å²) in [4.78, 5) is 0. The van der Waals surface area contributed by atoms with Crippen LogP contribution in [0.5, 0.6) is 0 Å². The number of benzene rings is 3. The summed E-state index contributed by atoms with van der Waals surface area (Å²) in [5.41, 5.74) is 8.85. The molecule has 3 aromatic rings. The van der Waals surface area contributed by atoms with Crippen LogP contribution in [0.3, 0.4) is 0 Å². The van der Waals surface area contributed by atoms with Gasteiger partial charge in [-0.25, -0.2) is 0 Å². The molecule has 3 rings (SSSR count). The Morgan fingerprint density at radius 1 is 0.722 bits per heavy atom. The molecular formula is C34H44Li2. The topological polar surface area (TPSA) is 0 Å². The Balaban J connectivity index is 2.25. The summed E-state index contributed by atoms with van der Waals surface area (Å²) < 4.78 is 1.40. The second kappa shape index (κ2) is 13.6. The molecule has 0 amide bonds. The van der Waals surface area contributed by atoms with Crippen LogP contribution in [0.2, 0.25) is 0 Å². The zero-order valence-electron chi connectivity index (χ0n) is 24.3. The van der Waals surface area contributed by atoms with Crippen molar-refractivity contribution in [1.29, 1.82) is 0 Å². The van der Waals surface area contributed by atoms with Gasteiger partial charge in [0.2, 0.25) is 0 Å². The molecule has 0 aliphatic heterocycles. The van der Waals surface area contributed by atoms with E-state index in [1.54, 1.807) is 5.56 Å². The molecule has 0 nitrogen and oxygen atoms in total. The molecule has 0 aliphatic rings. The van der Waals surface area contributed by atoms with Crippen LogP contribution in [0.15, 0.2) is 66.7 Å². The Bertz CT molecular complexity index is 1080. The van der Waals surface area contributed by atoms with Gasteiger partial charge >= 0.3 is 242 Å². The van der Waals surface area contributed by atoms with Gasteiger partial charge in [-0.3, -0.25) is 0 Å². The van der Waals surface area contributed by atoms with Crippen molar-refractivity contribution in [3.63, 3.8) is 0 Å². The summed E-state index contributed by atoms with van der Waals surface area (Å²) in [5, 5.41) is 0. The molecular weight excluding hydrogens is 422 g/mol. The third-order valence-electron chi connectivity index (χ3n) is 8.81. The zero-order chi connectivity index (χ0) is 26.3. The summed E-state index contributed by atoms with van der Waals surface area (Å²) in [7, 11) is 0.